The second-order valence-corrected chi connectivity index (χ2v) is 3.62. The van der Waals surface area contributed by atoms with E-state index in [-0.39, 0.29) is 18.0 Å². The smallest absolute Gasteiger partial charge is 0.237 e. The molecule has 2 N–H and O–H groups in total. The molecule has 1 unspecified atom stereocenters. The second kappa shape index (κ2) is 5.61. The Morgan fingerprint density at radius 1 is 1.79 bits per heavy atom. The van der Waals surface area contributed by atoms with Gasteiger partial charge >= 0.3 is 0 Å². The van der Waals surface area contributed by atoms with Crippen molar-refractivity contribution in [2.75, 3.05) is 6.54 Å². The van der Waals surface area contributed by atoms with Gasteiger partial charge in [0.25, 0.3) is 0 Å². The molecule has 2 atom stereocenters. The number of rotatable bonds is 4. The molecule has 0 bridgehead atoms. The van der Waals surface area contributed by atoms with Gasteiger partial charge in [0.05, 0.1) is 18.5 Å². The van der Waals surface area contributed by atoms with Crippen LogP contribution in [0.1, 0.15) is 32.6 Å². The average Bonchev–Trinajstić information content (AvgIpc) is 2.69. The maximum atomic E-state index is 11.6. The summed E-state index contributed by atoms with van der Waals surface area (Å²) in [7, 11) is 0. The van der Waals surface area contributed by atoms with Crippen molar-refractivity contribution in [1.82, 2.24) is 10.6 Å². The molecule has 1 aliphatic rings. The molecule has 14 heavy (non-hydrogen) atoms. The van der Waals surface area contributed by atoms with Crippen molar-refractivity contribution in [3.63, 3.8) is 0 Å². The van der Waals surface area contributed by atoms with Crippen LogP contribution in [0.25, 0.3) is 0 Å². The van der Waals surface area contributed by atoms with Gasteiger partial charge in [0.2, 0.25) is 5.91 Å². The Labute approximate surface area is 84.7 Å². The van der Waals surface area contributed by atoms with E-state index in [1.165, 1.54) is 0 Å². The zero-order chi connectivity index (χ0) is 10.4. The van der Waals surface area contributed by atoms with Gasteiger partial charge in [0, 0.05) is 6.04 Å². The van der Waals surface area contributed by atoms with Gasteiger partial charge in [-0.1, -0.05) is 6.92 Å². The number of carbonyl (C=O) groups excluding carboxylic acids is 1. The quantitative estimate of drug-likeness (QED) is 0.688. The summed E-state index contributed by atoms with van der Waals surface area (Å²) in [4.78, 5) is 11.6. The van der Waals surface area contributed by atoms with E-state index < -0.39 is 0 Å². The van der Waals surface area contributed by atoms with Crippen LogP contribution in [0.15, 0.2) is 0 Å². The molecule has 0 saturated carbocycles. The van der Waals surface area contributed by atoms with Crippen LogP contribution in [-0.4, -0.2) is 24.5 Å². The molecule has 1 fully saturated rings. The molecule has 0 aromatic carbocycles. The van der Waals surface area contributed by atoms with E-state index in [1.54, 1.807) is 0 Å². The van der Waals surface area contributed by atoms with Crippen LogP contribution in [0.2, 0.25) is 0 Å². The van der Waals surface area contributed by atoms with Crippen molar-refractivity contribution in [3.05, 3.63) is 0 Å². The third-order valence-corrected chi connectivity index (χ3v) is 2.55. The summed E-state index contributed by atoms with van der Waals surface area (Å²) >= 11 is 0. The Kier molecular flexibility index (Phi) is 4.41. The number of nitriles is 1. The molecule has 0 aromatic rings. The van der Waals surface area contributed by atoms with Gasteiger partial charge in [-0.05, 0) is 25.8 Å². The second-order valence-electron chi connectivity index (χ2n) is 3.62. The van der Waals surface area contributed by atoms with Crippen LogP contribution >= 0.6 is 0 Å². The van der Waals surface area contributed by atoms with Crippen molar-refractivity contribution >= 4 is 5.91 Å². The van der Waals surface area contributed by atoms with Crippen molar-refractivity contribution in [2.24, 2.45) is 0 Å². The first-order chi connectivity index (χ1) is 6.77. The summed E-state index contributed by atoms with van der Waals surface area (Å²) < 4.78 is 0. The van der Waals surface area contributed by atoms with Crippen LogP contribution < -0.4 is 10.6 Å². The van der Waals surface area contributed by atoms with Crippen molar-refractivity contribution in [2.45, 2.75) is 44.7 Å². The predicted octanol–water partition coefficient (Wildman–Crippen LogP) is 0.547. The summed E-state index contributed by atoms with van der Waals surface area (Å²) in [6.07, 6.45) is 3.18. The molecule has 4 nitrogen and oxygen atoms in total. The van der Waals surface area contributed by atoms with Gasteiger partial charge in [-0.25, -0.2) is 0 Å². The first kappa shape index (κ1) is 11.0. The summed E-state index contributed by atoms with van der Waals surface area (Å²) in [5.41, 5.74) is 0. The highest BCUT2D eigenvalue weighted by Gasteiger charge is 2.23. The molecule has 0 aromatic heterocycles. The van der Waals surface area contributed by atoms with Crippen LogP contribution in [0.4, 0.5) is 0 Å². The topological polar surface area (TPSA) is 64.9 Å². The highest BCUT2D eigenvalue weighted by molar-refractivity contribution is 5.82. The number of amides is 1. The Morgan fingerprint density at radius 3 is 3.07 bits per heavy atom. The third-order valence-electron chi connectivity index (χ3n) is 2.55. The van der Waals surface area contributed by atoms with E-state index in [4.69, 9.17) is 5.26 Å². The van der Waals surface area contributed by atoms with Gasteiger partial charge in [0.1, 0.15) is 0 Å². The molecular weight excluding hydrogens is 178 g/mol. The Balaban J connectivity index is 2.34. The zero-order valence-corrected chi connectivity index (χ0v) is 8.55. The number of hydrogen-bond acceptors (Lipinski definition) is 3. The number of nitrogens with zero attached hydrogens (tertiary/aromatic N) is 1. The Morgan fingerprint density at radius 2 is 2.57 bits per heavy atom. The molecule has 0 spiro atoms. The van der Waals surface area contributed by atoms with Gasteiger partial charge in [-0.2, -0.15) is 5.26 Å². The molecule has 1 saturated heterocycles. The van der Waals surface area contributed by atoms with Crippen LogP contribution in [0.5, 0.6) is 0 Å². The SMILES string of the molecule is CCC(CC#N)NC(=O)[C@@H]1CCCN1. The zero-order valence-electron chi connectivity index (χ0n) is 8.55. The van der Waals surface area contributed by atoms with E-state index in [2.05, 4.69) is 16.7 Å². The summed E-state index contributed by atoms with van der Waals surface area (Å²) in [6.45, 7) is 2.90. The lowest BCUT2D eigenvalue weighted by molar-refractivity contribution is -0.123. The monoisotopic (exact) mass is 195 g/mol. The molecule has 78 valence electrons. The fourth-order valence-corrected chi connectivity index (χ4v) is 1.62. The van der Waals surface area contributed by atoms with E-state index in [0.717, 1.165) is 25.8 Å². The fraction of sp³-hybridized carbons (Fsp3) is 0.800. The van der Waals surface area contributed by atoms with Crippen molar-refractivity contribution < 1.29 is 4.79 Å². The highest BCUT2D eigenvalue weighted by atomic mass is 16.2. The molecule has 0 radical (unpaired) electrons. The molecular formula is C10H17N3O. The molecule has 1 aliphatic heterocycles. The summed E-state index contributed by atoms with van der Waals surface area (Å²) in [6, 6.07) is 2.05. The summed E-state index contributed by atoms with van der Waals surface area (Å²) in [5, 5.41) is 14.5. The maximum Gasteiger partial charge on any atom is 0.237 e. The number of nitrogens with one attached hydrogen (secondary N) is 2. The van der Waals surface area contributed by atoms with Gasteiger partial charge < -0.3 is 10.6 Å². The lowest BCUT2D eigenvalue weighted by Crippen LogP contribution is -2.44. The van der Waals surface area contributed by atoms with Crippen LogP contribution in [0, 0.1) is 11.3 Å². The van der Waals surface area contributed by atoms with E-state index in [0.29, 0.717) is 6.42 Å². The minimum Gasteiger partial charge on any atom is -0.351 e. The van der Waals surface area contributed by atoms with Gasteiger partial charge in [-0.3, -0.25) is 4.79 Å². The molecule has 1 rings (SSSR count). The molecule has 1 heterocycles. The highest BCUT2D eigenvalue weighted by Crippen LogP contribution is 2.06. The van der Waals surface area contributed by atoms with E-state index >= 15 is 0 Å². The minimum absolute atomic E-state index is 0.00917. The maximum absolute atomic E-state index is 11.6. The Bertz CT molecular complexity index is 228. The molecule has 0 aliphatic carbocycles. The van der Waals surface area contributed by atoms with Gasteiger partial charge in [0.15, 0.2) is 0 Å². The van der Waals surface area contributed by atoms with Crippen molar-refractivity contribution in [1.29, 1.82) is 5.26 Å². The molecule has 4 heteroatoms. The third kappa shape index (κ3) is 3.00. The van der Waals surface area contributed by atoms with Crippen molar-refractivity contribution in [3.8, 4) is 6.07 Å². The minimum atomic E-state index is -0.0391. The first-order valence-corrected chi connectivity index (χ1v) is 5.18. The van der Waals surface area contributed by atoms with E-state index in [9.17, 15) is 4.79 Å². The number of hydrogen-bond donors (Lipinski definition) is 2. The lowest BCUT2D eigenvalue weighted by atomic mass is 10.1. The number of carbonyl (C=O) groups is 1. The average molecular weight is 195 g/mol. The first-order valence-electron chi connectivity index (χ1n) is 5.18. The van der Waals surface area contributed by atoms with E-state index in [1.807, 2.05) is 6.92 Å². The van der Waals surface area contributed by atoms with Crippen LogP contribution in [-0.2, 0) is 4.79 Å². The van der Waals surface area contributed by atoms with Crippen LogP contribution in [0.3, 0.4) is 0 Å². The summed E-state index contributed by atoms with van der Waals surface area (Å²) in [5.74, 6) is 0.0459. The lowest BCUT2D eigenvalue weighted by Gasteiger charge is -2.16. The predicted molar refractivity (Wildman–Crippen MR) is 53.5 cm³/mol. The van der Waals surface area contributed by atoms with Gasteiger partial charge in [-0.15, -0.1) is 0 Å². The normalized spacial score (nSPS) is 22.7. The standard InChI is InChI=1S/C10H17N3O/c1-2-8(5-6-11)13-10(14)9-4-3-7-12-9/h8-9,12H,2-5,7H2,1H3,(H,13,14)/t8?,9-/m0/s1. The fourth-order valence-electron chi connectivity index (χ4n) is 1.62. The largest absolute Gasteiger partial charge is 0.351 e. The molecule has 1 amide bonds. The Hall–Kier alpha value is -1.08.